The van der Waals surface area contributed by atoms with Gasteiger partial charge in [0.2, 0.25) is 5.91 Å². The quantitative estimate of drug-likeness (QED) is 0.0846. The molecule has 4 nitrogen and oxygen atoms in total. The third-order valence-corrected chi connectivity index (χ3v) is 6.23. The Morgan fingerprint density at radius 1 is 0.676 bits per heavy atom. The first-order valence-corrected chi connectivity index (χ1v) is 15.0. The van der Waals surface area contributed by atoms with Crippen LogP contribution in [0, 0.1) is 0 Å². The molecule has 3 N–H and O–H groups in total. The summed E-state index contributed by atoms with van der Waals surface area (Å²) < 4.78 is 0. The Morgan fingerprint density at radius 2 is 1.22 bits per heavy atom. The predicted octanol–water partition coefficient (Wildman–Crippen LogP) is 8.28. The number of carbonyl (C=O) groups is 1. The summed E-state index contributed by atoms with van der Waals surface area (Å²) in [4.78, 5) is 12.2. The fourth-order valence-electron chi connectivity index (χ4n) is 3.90. The number of nitrogens with one attached hydrogen (secondary N) is 1. The van der Waals surface area contributed by atoms with E-state index in [4.69, 9.17) is 0 Å². The largest absolute Gasteiger partial charge is 0.394 e. The first kappa shape index (κ1) is 35.1. The lowest BCUT2D eigenvalue weighted by Crippen LogP contribution is -2.45. The molecule has 0 saturated heterocycles. The number of aliphatic hydroxyl groups excluding tert-OH is 2. The molecule has 2 unspecified atom stereocenters. The van der Waals surface area contributed by atoms with Crippen LogP contribution in [0.3, 0.4) is 0 Å². The number of allylic oxidation sites excluding steroid dienone is 9. The fourth-order valence-corrected chi connectivity index (χ4v) is 3.90. The Morgan fingerprint density at radius 3 is 1.89 bits per heavy atom. The minimum atomic E-state index is -0.864. The molecule has 0 rings (SSSR count). The second kappa shape index (κ2) is 28.7. The molecule has 37 heavy (non-hydrogen) atoms. The van der Waals surface area contributed by atoms with Gasteiger partial charge in [0.25, 0.3) is 0 Å². The number of aliphatic hydroxyl groups is 2. The highest BCUT2D eigenvalue weighted by Gasteiger charge is 2.17. The molecule has 0 aliphatic carbocycles. The highest BCUT2D eigenvalue weighted by atomic mass is 16.3. The van der Waals surface area contributed by atoms with Crippen LogP contribution in [0.15, 0.2) is 60.8 Å². The van der Waals surface area contributed by atoms with Crippen LogP contribution in [-0.2, 0) is 4.79 Å². The molecule has 0 fully saturated rings. The van der Waals surface area contributed by atoms with E-state index < -0.39 is 12.1 Å². The Hall–Kier alpha value is -1.91. The molecule has 0 heterocycles. The number of carbonyl (C=O) groups excluding carboxylic acids is 1. The second-order valence-corrected chi connectivity index (χ2v) is 9.77. The van der Waals surface area contributed by atoms with Crippen molar-refractivity contribution < 1.29 is 15.0 Å². The molecular formula is C33H57NO3. The molecule has 0 aromatic carbocycles. The molecule has 0 radical (unpaired) electrons. The maximum absolute atomic E-state index is 12.2. The molecule has 0 aliphatic heterocycles. The molecule has 0 spiro atoms. The molecule has 0 aliphatic rings. The van der Waals surface area contributed by atoms with Gasteiger partial charge in [-0.1, -0.05) is 120 Å². The van der Waals surface area contributed by atoms with Crippen LogP contribution >= 0.6 is 0 Å². The monoisotopic (exact) mass is 515 g/mol. The number of unbranched alkanes of at least 4 members (excludes halogenated alkanes) is 10. The van der Waals surface area contributed by atoms with Crippen LogP contribution < -0.4 is 5.32 Å². The van der Waals surface area contributed by atoms with Crippen LogP contribution in [0.4, 0.5) is 0 Å². The Kier molecular flexibility index (Phi) is 27.2. The van der Waals surface area contributed by atoms with Crippen molar-refractivity contribution in [1.29, 1.82) is 0 Å². The Bertz CT molecular complexity index is 648. The highest BCUT2D eigenvalue weighted by Crippen LogP contribution is 2.10. The van der Waals surface area contributed by atoms with Gasteiger partial charge in [-0.15, -0.1) is 0 Å². The molecule has 0 saturated carbocycles. The Balaban J connectivity index is 3.72. The van der Waals surface area contributed by atoms with E-state index in [9.17, 15) is 15.0 Å². The molecule has 1 amide bonds. The summed E-state index contributed by atoms with van der Waals surface area (Å²) in [6.07, 6.45) is 38.7. The number of rotatable bonds is 25. The summed E-state index contributed by atoms with van der Waals surface area (Å²) in [5.41, 5.74) is 0. The summed E-state index contributed by atoms with van der Waals surface area (Å²) in [6.45, 7) is 4.07. The number of hydrogen-bond acceptors (Lipinski definition) is 3. The van der Waals surface area contributed by atoms with Gasteiger partial charge in [-0.05, 0) is 57.8 Å². The van der Waals surface area contributed by atoms with E-state index in [0.717, 1.165) is 64.2 Å². The fraction of sp³-hybridized carbons (Fsp3) is 0.667. The summed E-state index contributed by atoms with van der Waals surface area (Å²) in [5, 5.41) is 22.6. The maximum atomic E-state index is 12.2. The van der Waals surface area contributed by atoms with Crippen molar-refractivity contribution in [1.82, 2.24) is 5.32 Å². The van der Waals surface area contributed by atoms with Crippen molar-refractivity contribution >= 4 is 5.91 Å². The van der Waals surface area contributed by atoms with E-state index in [1.54, 1.807) is 6.08 Å². The van der Waals surface area contributed by atoms with Gasteiger partial charge in [-0.25, -0.2) is 0 Å². The van der Waals surface area contributed by atoms with Gasteiger partial charge in [-0.2, -0.15) is 0 Å². The van der Waals surface area contributed by atoms with Crippen LogP contribution in [-0.4, -0.2) is 34.9 Å². The SMILES string of the molecule is CC/C=C\C/C=C\C/C=C\CCCCCCCCCC(=O)NC(CO)C(O)/C=C/CC/C=C/CCCC. The average molecular weight is 516 g/mol. The zero-order valence-electron chi connectivity index (χ0n) is 24.0. The highest BCUT2D eigenvalue weighted by molar-refractivity contribution is 5.76. The van der Waals surface area contributed by atoms with Crippen LogP contribution in [0.1, 0.15) is 123 Å². The van der Waals surface area contributed by atoms with Gasteiger partial charge in [0, 0.05) is 6.42 Å². The molecule has 0 aromatic rings. The zero-order chi connectivity index (χ0) is 27.2. The molecule has 212 valence electrons. The van der Waals surface area contributed by atoms with E-state index in [2.05, 4.69) is 67.8 Å². The standard InChI is InChI=1S/C33H57NO3/c1-3-5-7-9-11-13-14-15-16-17-18-19-20-21-23-25-27-29-33(37)34-31(30-35)32(36)28-26-24-22-12-10-8-6-4-2/h5,7,10-13,15-16,26,28,31-32,35-36H,3-4,6,8-9,14,17-25,27,29-30H2,1-2H3,(H,34,37)/b7-5-,12-10+,13-11-,16-15-,28-26+. The zero-order valence-corrected chi connectivity index (χ0v) is 24.0. The average Bonchev–Trinajstić information content (AvgIpc) is 2.90. The third-order valence-electron chi connectivity index (χ3n) is 6.23. The minimum Gasteiger partial charge on any atom is -0.394 e. The van der Waals surface area contributed by atoms with Crippen molar-refractivity contribution in [3.63, 3.8) is 0 Å². The van der Waals surface area contributed by atoms with Crippen LogP contribution in [0.2, 0.25) is 0 Å². The van der Waals surface area contributed by atoms with Crippen molar-refractivity contribution in [2.45, 2.75) is 135 Å². The van der Waals surface area contributed by atoms with Crippen LogP contribution in [0.25, 0.3) is 0 Å². The molecule has 0 aromatic heterocycles. The van der Waals surface area contributed by atoms with E-state index in [1.165, 1.54) is 38.5 Å². The van der Waals surface area contributed by atoms with Gasteiger partial charge < -0.3 is 15.5 Å². The maximum Gasteiger partial charge on any atom is 0.220 e. The predicted molar refractivity (Wildman–Crippen MR) is 161 cm³/mol. The lowest BCUT2D eigenvalue weighted by Gasteiger charge is -2.19. The molecule has 2 atom stereocenters. The lowest BCUT2D eigenvalue weighted by molar-refractivity contribution is -0.123. The van der Waals surface area contributed by atoms with Gasteiger partial charge in [0.05, 0.1) is 18.8 Å². The van der Waals surface area contributed by atoms with Gasteiger partial charge in [-0.3, -0.25) is 4.79 Å². The van der Waals surface area contributed by atoms with Gasteiger partial charge in [0.1, 0.15) is 0 Å². The van der Waals surface area contributed by atoms with Crippen molar-refractivity contribution in [3.05, 3.63) is 60.8 Å². The van der Waals surface area contributed by atoms with Crippen molar-refractivity contribution in [2.24, 2.45) is 0 Å². The van der Waals surface area contributed by atoms with Gasteiger partial charge in [0.15, 0.2) is 0 Å². The summed E-state index contributed by atoms with van der Waals surface area (Å²) >= 11 is 0. The van der Waals surface area contributed by atoms with Crippen molar-refractivity contribution in [3.8, 4) is 0 Å². The Labute approximate surface area is 228 Å². The second-order valence-electron chi connectivity index (χ2n) is 9.77. The van der Waals surface area contributed by atoms with Crippen molar-refractivity contribution in [2.75, 3.05) is 6.61 Å². The number of hydrogen-bond donors (Lipinski definition) is 3. The van der Waals surface area contributed by atoms with Crippen LogP contribution in [0.5, 0.6) is 0 Å². The third kappa shape index (κ3) is 25.5. The van der Waals surface area contributed by atoms with E-state index in [0.29, 0.717) is 6.42 Å². The van der Waals surface area contributed by atoms with E-state index >= 15 is 0 Å². The normalized spacial score (nSPS) is 14.2. The summed E-state index contributed by atoms with van der Waals surface area (Å²) in [7, 11) is 0. The lowest BCUT2D eigenvalue weighted by atomic mass is 10.1. The summed E-state index contributed by atoms with van der Waals surface area (Å²) in [6, 6.07) is -0.642. The van der Waals surface area contributed by atoms with E-state index in [1.807, 2.05) is 6.08 Å². The molecule has 0 bridgehead atoms. The van der Waals surface area contributed by atoms with E-state index in [-0.39, 0.29) is 12.5 Å². The smallest absolute Gasteiger partial charge is 0.220 e. The van der Waals surface area contributed by atoms with Gasteiger partial charge >= 0.3 is 0 Å². The minimum absolute atomic E-state index is 0.0931. The topological polar surface area (TPSA) is 69.6 Å². The first-order valence-electron chi connectivity index (χ1n) is 15.0. The molecular weight excluding hydrogens is 458 g/mol. The molecule has 4 heteroatoms. The first-order chi connectivity index (χ1) is 18.2. The number of amides is 1. The summed E-state index contributed by atoms with van der Waals surface area (Å²) in [5.74, 6) is -0.0931.